The van der Waals surface area contributed by atoms with Crippen molar-refractivity contribution in [2.24, 2.45) is 0 Å². The number of carbonyl (C=O) groups is 2. The van der Waals surface area contributed by atoms with Crippen LogP contribution in [0.2, 0.25) is 0 Å². The lowest BCUT2D eigenvalue weighted by Crippen LogP contribution is -2.30. The van der Waals surface area contributed by atoms with Gasteiger partial charge in [-0.15, -0.1) is 0 Å². The lowest BCUT2D eigenvalue weighted by Gasteiger charge is -2.13. The van der Waals surface area contributed by atoms with Crippen LogP contribution in [0.1, 0.15) is 11.1 Å². The highest BCUT2D eigenvalue weighted by Gasteiger charge is 2.34. The number of imide groups is 1. The lowest BCUT2D eigenvalue weighted by atomic mass is 10.1. The van der Waals surface area contributed by atoms with Crippen LogP contribution in [0.4, 0.5) is 10.5 Å². The van der Waals surface area contributed by atoms with E-state index < -0.39 is 6.03 Å². The molecule has 34 heavy (non-hydrogen) atoms. The Morgan fingerprint density at radius 1 is 0.853 bits per heavy atom. The number of para-hydroxylation sites is 1. The van der Waals surface area contributed by atoms with Crippen LogP contribution < -0.4 is 15.0 Å². The predicted molar refractivity (Wildman–Crippen MR) is 151 cm³/mol. The molecule has 3 amide bonds. The molecule has 0 aromatic heterocycles. The highest BCUT2D eigenvalue weighted by atomic mass is 127. The molecule has 168 valence electrons. The van der Waals surface area contributed by atoms with Crippen LogP contribution in [0.25, 0.3) is 16.8 Å². The molecule has 5 rings (SSSR count). The molecule has 1 aliphatic rings. The molecule has 4 aromatic rings. The second-order valence-electron chi connectivity index (χ2n) is 7.70. The number of benzene rings is 4. The molecule has 4 aromatic carbocycles. The summed E-state index contributed by atoms with van der Waals surface area (Å²) < 4.78 is 8.07. The Labute approximate surface area is 224 Å². The predicted octanol–water partition coefficient (Wildman–Crippen LogP) is 6.73. The zero-order valence-electron chi connectivity index (χ0n) is 17.8. The molecule has 1 saturated heterocycles. The third-order valence-corrected chi connectivity index (χ3v) is 7.08. The molecule has 0 spiro atoms. The number of rotatable bonds is 5. The largest absolute Gasteiger partial charge is 0.487 e. The average Bonchev–Trinajstić information content (AvgIpc) is 3.11. The Kier molecular flexibility index (Phi) is 6.55. The third kappa shape index (κ3) is 4.54. The maximum Gasteiger partial charge on any atom is 0.333 e. The Morgan fingerprint density at radius 3 is 2.29 bits per heavy atom. The van der Waals surface area contributed by atoms with Crippen molar-refractivity contribution in [3.63, 3.8) is 0 Å². The van der Waals surface area contributed by atoms with Crippen molar-refractivity contribution in [3.05, 3.63) is 109 Å². The fourth-order valence-electron chi connectivity index (χ4n) is 3.88. The summed E-state index contributed by atoms with van der Waals surface area (Å²) >= 11 is 4.48. The number of nitrogens with zero attached hydrogens (tertiary/aromatic N) is 1. The number of anilines is 1. The molecule has 1 fully saturated rings. The van der Waals surface area contributed by atoms with Crippen molar-refractivity contribution in [2.75, 3.05) is 4.90 Å². The Hall–Kier alpha value is -2.92. The van der Waals surface area contributed by atoms with E-state index in [2.05, 4.69) is 74.8 Å². The van der Waals surface area contributed by atoms with Gasteiger partial charge in [-0.05, 0) is 97.4 Å². The van der Waals surface area contributed by atoms with Crippen LogP contribution >= 0.6 is 45.2 Å². The van der Waals surface area contributed by atoms with Crippen LogP contribution in [-0.4, -0.2) is 11.9 Å². The van der Waals surface area contributed by atoms with Crippen LogP contribution in [0, 0.1) is 7.14 Å². The van der Waals surface area contributed by atoms with Gasteiger partial charge in [-0.3, -0.25) is 4.79 Å². The zero-order chi connectivity index (χ0) is 23.7. The number of hydrogen-bond donors (Lipinski definition) is 1. The Bertz CT molecular complexity index is 1420. The van der Waals surface area contributed by atoms with Gasteiger partial charge in [0.15, 0.2) is 0 Å². The summed E-state index contributed by atoms with van der Waals surface area (Å²) in [6.07, 6.45) is 1.70. The Balaban J connectivity index is 1.38. The quantitative estimate of drug-likeness (QED) is 0.146. The first-order chi connectivity index (χ1) is 16.5. The lowest BCUT2D eigenvalue weighted by molar-refractivity contribution is -0.113. The standard InChI is InChI=1S/C27H18I2N2O3/c28-22-13-17(15-24-26(32)31(27(33)30-24)20-10-2-1-3-11-20)14-23(29)25(22)34-16-19-9-6-8-18-7-4-5-12-21(18)19/h1-15H,16H2,(H,30,33)/b24-15+. The van der Waals surface area contributed by atoms with Crippen LogP contribution in [0.15, 0.2) is 90.6 Å². The number of ether oxygens (including phenoxy) is 1. The van der Waals surface area contributed by atoms with Crippen molar-refractivity contribution in [2.45, 2.75) is 6.61 Å². The number of fused-ring (bicyclic) bond motifs is 1. The second kappa shape index (κ2) is 9.75. The van der Waals surface area contributed by atoms with Crippen molar-refractivity contribution in [1.82, 2.24) is 5.32 Å². The fourth-order valence-corrected chi connectivity index (χ4v) is 6.01. The van der Waals surface area contributed by atoms with E-state index in [-0.39, 0.29) is 11.6 Å². The van der Waals surface area contributed by atoms with E-state index in [0.29, 0.717) is 12.3 Å². The summed E-state index contributed by atoms with van der Waals surface area (Å²) in [5.41, 5.74) is 2.71. The van der Waals surface area contributed by atoms with E-state index in [9.17, 15) is 9.59 Å². The van der Waals surface area contributed by atoms with Gasteiger partial charge in [0.25, 0.3) is 5.91 Å². The van der Waals surface area contributed by atoms with Crippen molar-refractivity contribution >= 4 is 79.7 Å². The van der Waals surface area contributed by atoms with E-state index in [1.165, 1.54) is 10.8 Å². The molecule has 5 nitrogen and oxygen atoms in total. The van der Waals surface area contributed by atoms with Gasteiger partial charge in [-0.25, -0.2) is 9.69 Å². The maximum absolute atomic E-state index is 12.9. The van der Waals surface area contributed by atoms with E-state index in [4.69, 9.17) is 4.74 Å². The van der Waals surface area contributed by atoms with Crippen molar-refractivity contribution in [1.29, 1.82) is 0 Å². The molecule has 1 N–H and O–H groups in total. The fraction of sp³-hybridized carbons (Fsp3) is 0.0370. The Morgan fingerprint density at radius 2 is 1.53 bits per heavy atom. The third-order valence-electron chi connectivity index (χ3n) is 5.48. The first kappa shape index (κ1) is 22.9. The van der Waals surface area contributed by atoms with E-state index >= 15 is 0 Å². The topological polar surface area (TPSA) is 58.6 Å². The van der Waals surface area contributed by atoms with Gasteiger partial charge in [-0.2, -0.15) is 0 Å². The van der Waals surface area contributed by atoms with E-state index in [0.717, 1.165) is 28.9 Å². The molecular formula is C27H18I2N2O3. The molecule has 7 heteroatoms. The van der Waals surface area contributed by atoms with Gasteiger partial charge >= 0.3 is 6.03 Å². The van der Waals surface area contributed by atoms with Crippen LogP contribution in [0.3, 0.4) is 0 Å². The van der Waals surface area contributed by atoms with Gasteiger partial charge < -0.3 is 10.1 Å². The van der Waals surface area contributed by atoms with E-state index in [1.807, 2.05) is 36.4 Å². The molecule has 0 radical (unpaired) electrons. The molecular weight excluding hydrogens is 654 g/mol. The summed E-state index contributed by atoms with van der Waals surface area (Å²) in [6.45, 7) is 0.453. The summed E-state index contributed by atoms with van der Waals surface area (Å²) in [4.78, 5) is 26.4. The minimum atomic E-state index is -0.457. The summed E-state index contributed by atoms with van der Waals surface area (Å²) in [5, 5.41) is 5.04. The van der Waals surface area contributed by atoms with Gasteiger partial charge in [-0.1, -0.05) is 60.7 Å². The molecule has 0 unspecified atom stereocenters. The van der Waals surface area contributed by atoms with Gasteiger partial charge in [0, 0.05) is 0 Å². The van der Waals surface area contributed by atoms with Gasteiger partial charge in [0.2, 0.25) is 0 Å². The highest BCUT2D eigenvalue weighted by molar-refractivity contribution is 14.1. The molecule has 0 atom stereocenters. The second-order valence-corrected chi connectivity index (χ2v) is 10.0. The van der Waals surface area contributed by atoms with Crippen molar-refractivity contribution in [3.8, 4) is 5.75 Å². The minimum absolute atomic E-state index is 0.241. The minimum Gasteiger partial charge on any atom is -0.487 e. The SMILES string of the molecule is O=C1N/C(=C/c2cc(I)c(OCc3cccc4ccccc34)c(I)c2)C(=O)N1c1ccccc1. The molecule has 0 aliphatic carbocycles. The van der Waals surface area contributed by atoms with Crippen LogP contribution in [0.5, 0.6) is 5.75 Å². The average molecular weight is 672 g/mol. The number of halogens is 2. The number of urea groups is 1. The first-order valence-electron chi connectivity index (χ1n) is 10.5. The molecule has 1 heterocycles. The number of nitrogens with one attached hydrogen (secondary N) is 1. The summed E-state index contributed by atoms with van der Waals surface area (Å²) in [5.74, 6) is 0.418. The number of carbonyl (C=O) groups excluding carboxylic acids is 2. The maximum atomic E-state index is 12.9. The first-order valence-corrected chi connectivity index (χ1v) is 12.7. The monoisotopic (exact) mass is 672 g/mol. The molecule has 0 bridgehead atoms. The normalized spacial score (nSPS) is 14.6. The highest BCUT2D eigenvalue weighted by Crippen LogP contribution is 2.32. The summed E-state index contributed by atoms with van der Waals surface area (Å²) in [6, 6.07) is 26.8. The van der Waals surface area contributed by atoms with Gasteiger partial charge in [0.1, 0.15) is 18.1 Å². The van der Waals surface area contributed by atoms with Crippen LogP contribution in [-0.2, 0) is 11.4 Å². The number of amides is 3. The summed E-state index contributed by atoms with van der Waals surface area (Å²) in [7, 11) is 0. The van der Waals surface area contributed by atoms with E-state index in [1.54, 1.807) is 30.3 Å². The molecule has 1 aliphatic heterocycles. The van der Waals surface area contributed by atoms with Crippen molar-refractivity contribution < 1.29 is 14.3 Å². The zero-order valence-corrected chi connectivity index (χ0v) is 22.1. The molecule has 0 saturated carbocycles. The smallest absolute Gasteiger partial charge is 0.333 e. The van der Waals surface area contributed by atoms with Gasteiger partial charge in [0.05, 0.1) is 12.8 Å². The number of hydrogen-bond acceptors (Lipinski definition) is 3.